The van der Waals surface area contributed by atoms with Crippen molar-refractivity contribution in [1.82, 2.24) is 14.7 Å². The predicted molar refractivity (Wildman–Crippen MR) is 95.7 cm³/mol. The number of benzene rings is 1. The number of rotatable bonds is 4. The molecule has 0 aliphatic heterocycles. The van der Waals surface area contributed by atoms with Crippen LogP contribution in [0.25, 0.3) is 16.5 Å². The zero-order valence-electron chi connectivity index (χ0n) is 13.8. The maximum Gasteiger partial charge on any atom is 0.272 e. The topological polar surface area (TPSA) is 93.7 Å². The van der Waals surface area contributed by atoms with Crippen LogP contribution in [0, 0.1) is 0 Å². The van der Waals surface area contributed by atoms with Crippen molar-refractivity contribution in [3.8, 4) is 0 Å². The monoisotopic (exact) mass is 369 g/mol. The maximum atomic E-state index is 12.6. The highest BCUT2D eigenvalue weighted by Crippen LogP contribution is 2.20. The molecule has 0 aliphatic carbocycles. The number of sulfone groups is 1. The van der Waals surface area contributed by atoms with Crippen LogP contribution in [0.15, 0.2) is 64.3 Å². The van der Waals surface area contributed by atoms with Gasteiger partial charge in [0.1, 0.15) is 11.3 Å². The number of pyridine rings is 1. The van der Waals surface area contributed by atoms with Crippen molar-refractivity contribution < 1.29 is 17.6 Å². The Balaban J connectivity index is 1.64. The van der Waals surface area contributed by atoms with Crippen LogP contribution < -0.4 is 5.32 Å². The highest BCUT2D eigenvalue weighted by molar-refractivity contribution is 7.90. The molecule has 1 aromatic carbocycles. The molecule has 7 nitrogen and oxygen atoms in total. The van der Waals surface area contributed by atoms with Gasteiger partial charge in [0.2, 0.25) is 15.0 Å². The first kappa shape index (κ1) is 16.3. The molecule has 4 aromatic rings. The molecule has 3 aromatic heterocycles. The molecule has 3 heterocycles. The van der Waals surface area contributed by atoms with E-state index in [9.17, 15) is 13.2 Å². The predicted octanol–water partition coefficient (Wildman–Crippen LogP) is 2.41. The summed E-state index contributed by atoms with van der Waals surface area (Å²) in [7, 11) is -3.57. The zero-order valence-corrected chi connectivity index (χ0v) is 14.7. The lowest BCUT2D eigenvalue weighted by atomic mass is 10.2. The number of carbonyl (C=O) groups is 1. The molecule has 1 amide bonds. The van der Waals surface area contributed by atoms with Crippen LogP contribution in [-0.4, -0.2) is 30.0 Å². The van der Waals surface area contributed by atoms with Crippen LogP contribution in [0.3, 0.4) is 0 Å². The number of imidazole rings is 1. The summed E-state index contributed by atoms with van der Waals surface area (Å²) >= 11 is 0. The second kappa shape index (κ2) is 5.99. The number of hydrogen-bond donors (Lipinski definition) is 1. The Kier molecular flexibility index (Phi) is 3.77. The molecule has 0 saturated heterocycles. The summed E-state index contributed by atoms with van der Waals surface area (Å²) in [5.41, 5.74) is 1.22. The van der Waals surface area contributed by atoms with Gasteiger partial charge in [-0.05, 0) is 24.3 Å². The summed E-state index contributed by atoms with van der Waals surface area (Å²) in [5.74, 6) is 0.135. The van der Waals surface area contributed by atoms with Gasteiger partial charge in [-0.3, -0.25) is 9.20 Å². The van der Waals surface area contributed by atoms with E-state index in [1.165, 1.54) is 4.40 Å². The lowest BCUT2D eigenvalue weighted by Gasteiger charge is -2.01. The number of para-hydroxylation sites is 1. The van der Waals surface area contributed by atoms with Gasteiger partial charge in [-0.15, -0.1) is 0 Å². The highest BCUT2D eigenvalue weighted by Gasteiger charge is 2.22. The molecule has 0 radical (unpaired) electrons. The van der Waals surface area contributed by atoms with Crippen LogP contribution in [-0.2, 0) is 16.4 Å². The lowest BCUT2D eigenvalue weighted by molar-refractivity contribution is 0.0945. The fourth-order valence-corrected chi connectivity index (χ4v) is 3.59. The average Bonchev–Trinajstić information content (AvgIpc) is 3.20. The minimum atomic E-state index is -3.57. The normalized spacial score (nSPS) is 11.9. The first-order chi connectivity index (χ1) is 12.4. The third kappa shape index (κ3) is 2.84. The first-order valence-electron chi connectivity index (χ1n) is 7.86. The van der Waals surface area contributed by atoms with Crippen molar-refractivity contribution in [3.05, 3.63) is 66.2 Å². The number of nitrogens with one attached hydrogen (secondary N) is 1. The smallest absolute Gasteiger partial charge is 0.272 e. The van der Waals surface area contributed by atoms with Gasteiger partial charge in [0.15, 0.2) is 5.69 Å². The van der Waals surface area contributed by atoms with Crippen LogP contribution in [0.4, 0.5) is 0 Å². The Hall–Kier alpha value is -3.13. The molecular weight excluding hydrogens is 354 g/mol. The molecule has 132 valence electrons. The van der Waals surface area contributed by atoms with Crippen LogP contribution in [0.2, 0.25) is 0 Å². The molecule has 0 aliphatic rings. The van der Waals surface area contributed by atoms with Gasteiger partial charge in [-0.2, -0.15) is 0 Å². The molecule has 8 heteroatoms. The molecule has 0 bridgehead atoms. The lowest BCUT2D eigenvalue weighted by Crippen LogP contribution is -2.23. The van der Waals surface area contributed by atoms with Crippen LogP contribution in [0.1, 0.15) is 16.2 Å². The van der Waals surface area contributed by atoms with E-state index < -0.39 is 15.7 Å². The van der Waals surface area contributed by atoms with Gasteiger partial charge in [-0.25, -0.2) is 13.4 Å². The number of aromatic nitrogens is 2. The van der Waals surface area contributed by atoms with E-state index in [2.05, 4.69) is 10.3 Å². The highest BCUT2D eigenvalue weighted by atomic mass is 32.2. The second-order valence-corrected chi connectivity index (χ2v) is 7.81. The maximum absolute atomic E-state index is 12.6. The van der Waals surface area contributed by atoms with Crippen LogP contribution >= 0.6 is 0 Å². The number of amides is 1. The third-order valence-corrected chi connectivity index (χ3v) is 4.91. The van der Waals surface area contributed by atoms with Crippen molar-refractivity contribution in [2.45, 2.75) is 11.7 Å². The first-order valence-corrected chi connectivity index (χ1v) is 9.75. The van der Waals surface area contributed by atoms with E-state index in [1.54, 1.807) is 24.4 Å². The average molecular weight is 369 g/mol. The van der Waals surface area contributed by atoms with Gasteiger partial charge in [-0.1, -0.05) is 24.3 Å². The van der Waals surface area contributed by atoms with Crippen LogP contribution in [0.5, 0.6) is 0 Å². The van der Waals surface area contributed by atoms with Crippen molar-refractivity contribution in [2.24, 2.45) is 0 Å². The van der Waals surface area contributed by atoms with Crippen molar-refractivity contribution in [2.75, 3.05) is 6.26 Å². The third-order valence-electron chi connectivity index (χ3n) is 3.96. The van der Waals surface area contributed by atoms with Crippen molar-refractivity contribution in [1.29, 1.82) is 0 Å². The van der Waals surface area contributed by atoms with E-state index in [0.29, 0.717) is 11.3 Å². The van der Waals surface area contributed by atoms with Gasteiger partial charge >= 0.3 is 0 Å². The number of furan rings is 1. The Morgan fingerprint density at radius 2 is 1.96 bits per heavy atom. The number of carbonyl (C=O) groups excluding carboxylic acids is 1. The summed E-state index contributed by atoms with van der Waals surface area (Å²) in [6, 6.07) is 14.5. The molecule has 0 fully saturated rings. The molecule has 4 rings (SSSR count). The molecular formula is C18H15N3O4S. The quantitative estimate of drug-likeness (QED) is 0.596. The summed E-state index contributed by atoms with van der Waals surface area (Å²) in [6.07, 6.45) is 2.62. The molecule has 1 N–H and O–H groups in total. The number of nitrogens with zero attached hydrogens (tertiary/aromatic N) is 2. The molecule has 0 spiro atoms. The zero-order chi connectivity index (χ0) is 18.3. The standard InChI is InChI=1S/C18H15N3O4S/c1-26(23,24)18-20-16(14-7-4-5-9-21(14)18)17(22)19-11-13-10-12-6-2-3-8-15(12)25-13/h2-10H,11H2,1H3,(H,19,22). The number of hydrogen-bond acceptors (Lipinski definition) is 5. The molecule has 0 saturated carbocycles. The van der Waals surface area contributed by atoms with Gasteiger partial charge in [0.25, 0.3) is 5.91 Å². The minimum Gasteiger partial charge on any atom is -0.459 e. The van der Waals surface area contributed by atoms with Gasteiger partial charge in [0.05, 0.1) is 12.1 Å². The van der Waals surface area contributed by atoms with E-state index in [1.807, 2.05) is 30.3 Å². The minimum absolute atomic E-state index is 0.0575. The van der Waals surface area contributed by atoms with Crippen molar-refractivity contribution in [3.63, 3.8) is 0 Å². The Morgan fingerprint density at radius 1 is 1.19 bits per heavy atom. The Labute approximate surface area is 149 Å². The summed E-state index contributed by atoms with van der Waals surface area (Å²) in [6.45, 7) is 0.174. The van der Waals surface area contributed by atoms with E-state index in [0.717, 1.165) is 17.2 Å². The van der Waals surface area contributed by atoms with E-state index in [4.69, 9.17) is 4.42 Å². The largest absolute Gasteiger partial charge is 0.459 e. The summed E-state index contributed by atoms with van der Waals surface area (Å²) in [5, 5.41) is 3.51. The van der Waals surface area contributed by atoms with E-state index >= 15 is 0 Å². The fourth-order valence-electron chi connectivity index (χ4n) is 2.81. The van der Waals surface area contributed by atoms with E-state index in [-0.39, 0.29) is 17.4 Å². The van der Waals surface area contributed by atoms with Gasteiger partial charge < -0.3 is 9.73 Å². The van der Waals surface area contributed by atoms with Crippen molar-refractivity contribution >= 4 is 32.2 Å². The Morgan fingerprint density at radius 3 is 2.73 bits per heavy atom. The summed E-state index contributed by atoms with van der Waals surface area (Å²) < 4.78 is 30.9. The van der Waals surface area contributed by atoms with Gasteiger partial charge in [0, 0.05) is 17.8 Å². The molecule has 26 heavy (non-hydrogen) atoms. The number of fused-ring (bicyclic) bond motifs is 2. The molecule has 0 atom stereocenters. The second-order valence-electron chi connectivity index (χ2n) is 5.90. The molecule has 0 unspecified atom stereocenters. The SMILES string of the molecule is CS(=O)(=O)c1nc(C(=O)NCc2cc3ccccc3o2)c2ccccn12. The fraction of sp³-hybridized carbons (Fsp3) is 0.111. The summed E-state index contributed by atoms with van der Waals surface area (Å²) in [4.78, 5) is 16.6. The Bertz CT molecular complexity index is 1200.